The molecule has 0 rings (SSSR count). The van der Waals surface area contributed by atoms with Gasteiger partial charge >= 0.3 is 0 Å². The van der Waals surface area contributed by atoms with Crippen molar-refractivity contribution in [2.75, 3.05) is 24.7 Å². The first kappa shape index (κ1) is 33.8. The molecule has 0 N–H and O–H groups in total. The van der Waals surface area contributed by atoms with E-state index in [9.17, 15) is 0 Å². The molecule has 194 valence electrons. The second-order valence-corrected chi connectivity index (χ2v) is 21.8. The standard InChI is InChI=1S/C24H54O2S4Si2/c1-7-19-31(20-8-2)23(25-11-5)15-13-17-27-29-30-28-18-14-16-24(26-12-6)32(21-9-3)22-10-4/h23-24,31-32H,7-22H2,1-6H3. The van der Waals surface area contributed by atoms with Gasteiger partial charge in [-0.3, -0.25) is 0 Å². The number of hydrogen-bond acceptors (Lipinski definition) is 6. The SMILES string of the molecule is CCC[SiH](CCC)C(CCCSSSSCCCC(OCC)[SiH](CCC)CCC)OCC. The average Bonchev–Trinajstić information content (AvgIpc) is 2.78. The van der Waals surface area contributed by atoms with Gasteiger partial charge in [-0.15, -0.1) is 0 Å². The first-order chi connectivity index (χ1) is 15.7. The summed E-state index contributed by atoms with van der Waals surface area (Å²) in [5, 5.41) is 0. The third-order valence-electron chi connectivity index (χ3n) is 6.01. The van der Waals surface area contributed by atoms with Crippen LogP contribution in [0.4, 0.5) is 0 Å². The molecular weight excluding hydrogens is 505 g/mol. The molecule has 0 aromatic carbocycles. The van der Waals surface area contributed by atoms with E-state index >= 15 is 0 Å². The third-order valence-corrected chi connectivity index (χ3v) is 21.1. The zero-order chi connectivity index (χ0) is 23.9. The molecule has 0 spiro atoms. The fraction of sp³-hybridized carbons (Fsp3) is 1.00. The first-order valence-electron chi connectivity index (χ1n) is 13.5. The van der Waals surface area contributed by atoms with Crippen molar-refractivity contribution in [2.24, 2.45) is 0 Å². The Labute approximate surface area is 220 Å². The zero-order valence-corrected chi connectivity index (χ0v) is 27.6. The molecule has 2 atom stereocenters. The van der Waals surface area contributed by atoms with Gasteiger partial charge < -0.3 is 9.47 Å². The number of rotatable bonds is 25. The van der Waals surface area contributed by atoms with E-state index in [-0.39, 0.29) is 0 Å². The lowest BCUT2D eigenvalue weighted by atomic mass is 10.3. The van der Waals surface area contributed by atoms with Crippen LogP contribution >= 0.6 is 41.2 Å². The largest absolute Gasteiger partial charge is 0.382 e. The van der Waals surface area contributed by atoms with E-state index in [1.54, 1.807) is 0 Å². The van der Waals surface area contributed by atoms with Gasteiger partial charge in [0, 0.05) is 36.2 Å². The van der Waals surface area contributed by atoms with Gasteiger partial charge in [-0.2, -0.15) is 0 Å². The topological polar surface area (TPSA) is 18.5 Å². The molecule has 0 saturated carbocycles. The molecule has 0 heterocycles. The molecule has 0 aliphatic rings. The minimum absolute atomic E-state index is 0.610. The lowest BCUT2D eigenvalue weighted by molar-refractivity contribution is 0.107. The summed E-state index contributed by atoms with van der Waals surface area (Å²) in [6.45, 7) is 15.5. The fourth-order valence-corrected chi connectivity index (χ4v) is 18.2. The zero-order valence-electron chi connectivity index (χ0n) is 22.1. The molecule has 0 saturated heterocycles. The van der Waals surface area contributed by atoms with Gasteiger partial charge in [0.1, 0.15) is 0 Å². The Morgan fingerprint density at radius 3 is 1.19 bits per heavy atom. The fourth-order valence-electron chi connectivity index (χ4n) is 4.65. The molecule has 0 aliphatic carbocycles. The van der Waals surface area contributed by atoms with Crippen LogP contribution in [0.25, 0.3) is 0 Å². The van der Waals surface area contributed by atoms with Crippen molar-refractivity contribution in [1.82, 2.24) is 0 Å². The van der Waals surface area contributed by atoms with E-state index in [4.69, 9.17) is 9.47 Å². The molecule has 0 aromatic heterocycles. The summed E-state index contributed by atoms with van der Waals surface area (Å²) in [4.78, 5) is 0. The molecule has 0 radical (unpaired) electrons. The lowest BCUT2D eigenvalue weighted by Crippen LogP contribution is -2.33. The molecule has 0 bridgehead atoms. The summed E-state index contributed by atoms with van der Waals surface area (Å²) >= 11 is 0. The molecule has 0 fully saturated rings. The van der Waals surface area contributed by atoms with Gasteiger partial charge in [0.25, 0.3) is 0 Å². The van der Waals surface area contributed by atoms with Gasteiger partial charge in [0.05, 0.1) is 17.6 Å². The summed E-state index contributed by atoms with van der Waals surface area (Å²) in [5.74, 6) is 2.52. The molecule has 8 heteroatoms. The number of hydrogen-bond donors (Lipinski definition) is 0. The Morgan fingerprint density at radius 2 is 0.906 bits per heavy atom. The Morgan fingerprint density at radius 1 is 0.562 bits per heavy atom. The van der Waals surface area contributed by atoms with Crippen molar-refractivity contribution in [3.05, 3.63) is 0 Å². The van der Waals surface area contributed by atoms with Crippen LogP contribution in [0.3, 0.4) is 0 Å². The van der Waals surface area contributed by atoms with Gasteiger partial charge in [0.15, 0.2) is 0 Å². The molecule has 32 heavy (non-hydrogen) atoms. The monoisotopic (exact) mass is 558 g/mol. The molecular formula is C24H54O2S4Si2. The van der Waals surface area contributed by atoms with Gasteiger partial charge in [0.2, 0.25) is 0 Å². The van der Waals surface area contributed by atoms with Crippen molar-refractivity contribution in [3.8, 4) is 0 Å². The van der Waals surface area contributed by atoms with Gasteiger partial charge in [-0.05, 0) is 59.2 Å². The highest BCUT2D eigenvalue weighted by atomic mass is 33.7. The Bertz CT molecular complexity index is 338. The highest BCUT2D eigenvalue weighted by molar-refractivity contribution is 9.26. The smallest absolute Gasteiger partial charge is 0.0716 e. The van der Waals surface area contributed by atoms with Crippen LogP contribution in [0, 0.1) is 0 Å². The summed E-state index contributed by atoms with van der Waals surface area (Å²) < 4.78 is 12.4. The van der Waals surface area contributed by atoms with Crippen molar-refractivity contribution in [1.29, 1.82) is 0 Å². The second kappa shape index (κ2) is 25.8. The normalized spacial score (nSPS) is 13.9. The van der Waals surface area contributed by atoms with E-state index < -0.39 is 17.6 Å². The minimum Gasteiger partial charge on any atom is -0.382 e. The molecule has 0 amide bonds. The van der Waals surface area contributed by atoms with Crippen LogP contribution in [-0.2, 0) is 9.47 Å². The predicted octanol–water partition coefficient (Wildman–Crippen LogP) is 9.21. The van der Waals surface area contributed by atoms with Gasteiger partial charge in [-0.25, -0.2) is 0 Å². The van der Waals surface area contributed by atoms with Crippen molar-refractivity contribution in [3.63, 3.8) is 0 Å². The Hall–Kier alpha value is 1.75. The van der Waals surface area contributed by atoms with Crippen LogP contribution in [0.5, 0.6) is 0 Å². The van der Waals surface area contributed by atoms with Crippen molar-refractivity contribution >= 4 is 58.8 Å². The Balaban J connectivity index is 3.94. The van der Waals surface area contributed by atoms with Crippen molar-refractivity contribution < 1.29 is 9.47 Å². The maximum absolute atomic E-state index is 6.19. The molecule has 2 nitrogen and oxygen atoms in total. The average molecular weight is 559 g/mol. The summed E-state index contributed by atoms with van der Waals surface area (Å²) in [6.07, 6.45) is 10.5. The van der Waals surface area contributed by atoms with E-state index in [1.807, 2.05) is 41.2 Å². The third kappa shape index (κ3) is 18.1. The van der Waals surface area contributed by atoms with Crippen LogP contribution in [0.2, 0.25) is 24.2 Å². The summed E-state index contributed by atoms with van der Waals surface area (Å²) in [7, 11) is 6.59. The summed E-state index contributed by atoms with van der Waals surface area (Å²) in [6, 6.07) is 5.82. The number of ether oxygens (including phenoxy) is 2. The highest BCUT2D eigenvalue weighted by Crippen LogP contribution is 2.43. The van der Waals surface area contributed by atoms with Crippen molar-refractivity contribution in [2.45, 2.75) is 129 Å². The lowest BCUT2D eigenvalue weighted by Gasteiger charge is -2.25. The molecule has 0 aliphatic heterocycles. The van der Waals surface area contributed by atoms with E-state index in [0.717, 1.165) is 13.2 Å². The summed E-state index contributed by atoms with van der Waals surface area (Å²) in [5.41, 5.74) is 1.22. The molecule has 2 unspecified atom stereocenters. The van der Waals surface area contributed by atoms with Crippen LogP contribution < -0.4 is 0 Å². The predicted molar refractivity (Wildman–Crippen MR) is 164 cm³/mol. The first-order valence-corrected chi connectivity index (χ1v) is 23.2. The molecule has 0 aromatic rings. The van der Waals surface area contributed by atoms with E-state index in [2.05, 4.69) is 41.5 Å². The van der Waals surface area contributed by atoms with Crippen LogP contribution in [-0.4, -0.2) is 53.8 Å². The van der Waals surface area contributed by atoms with E-state index in [0.29, 0.717) is 11.5 Å². The highest BCUT2D eigenvalue weighted by Gasteiger charge is 2.22. The van der Waals surface area contributed by atoms with E-state index in [1.165, 1.54) is 87.0 Å². The maximum Gasteiger partial charge on any atom is 0.0716 e. The quantitative estimate of drug-likeness (QED) is 0.0627. The maximum atomic E-state index is 6.19. The minimum atomic E-state index is -0.731. The Kier molecular flexibility index (Phi) is 27.3. The van der Waals surface area contributed by atoms with Crippen LogP contribution in [0.1, 0.15) is 92.9 Å². The van der Waals surface area contributed by atoms with Gasteiger partial charge in [-0.1, -0.05) is 99.1 Å². The van der Waals surface area contributed by atoms with Crippen LogP contribution in [0.15, 0.2) is 0 Å². The second-order valence-electron chi connectivity index (χ2n) is 8.73.